The average molecular weight is 1050 g/mol. The molecule has 2 saturated carbocycles. The fourth-order valence-corrected chi connectivity index (χ4v) is 18.2. The van der Waals surface area contributed by atoms with Crippen LogP contribution in [0.5, 0.6) is 0 Å². The number of aryl methyl sites for hydroxylation is 2. The molecule has 15 rings (SSSR count). The van der Waals surface area contributed by atoms with Crippen LogP contribution in [-0.2, 0) is 39.9 Å². The predicted molar refractivity (Wildman–Crippen MR) is 341 cm³/mol. The molecule has 5 heteroatoms. The first-order valence-corrected chi connectivity index (χ1v) is 31.4. The van der Waals surface area contributed by atoms with Gasteiger partial charge in [0.15, 0.2) is 0 Å². The van der Waals surface area contributed by atoms with Gasteiger partial charge in [0.1, 0.15) is 0 Å². The fraction of sp³-hybridized carbons (Fsp3) is 0.405. The first-order valence-electron chi connectivity index (χ1n) is 30.6. The topological polar surface area (TPSA) is 9.72 Å². The minimum atomic E-state index is -0.124. The molecule has 0 bridgehead atoms. The maximum Gasteiger partial charge on any atom is 0.264 e. The SMILES string of the molecule is CC(C)(C)c1ccc(N(c2ccc(C(C)(C)C)cc2)c2cc3c4c(c2)N2c5c(cc(C(C)(C)C)cc5C5(C)CCCCC25C)B4c2sc4cc5c(cc4c2N3c2ccc3c(c2)C2(CCCCC2)c2ccccc2-3)CCCC5)cc1. The molecule has 2 fully saturated rings. The van der Waals surface area contributed by atoms with Crippen molar-refractivity contribution in [3.05, 3.63) is 172 Å². The van der Waals surface area contributed by atoms with E-state index in [2.05, 4.69) is 230 Å². The third-order valence-electron chi connectivity index (χ3n) is 21.4. The lowest BCUT2D eigenvalue weighted by atomic mass is 9.36. The van der Waals surface area contributed by atoms with Gasteiger partial charge in [0.25, 0.3) is 6.71 Å². The maximum atomic E-state index is 2.97. The van der Waals surface area contributed by atoms with E-state index in [1.807, 2.05) is 0 Å². The highest BCUT2D eigenvalue weighted by molar-refractivity contribution is 7.33. The molecule has 1 spiro atoms. The van der Waals surface area contributed by atoms with Crippen LogP contribution in [0.2, 0.25) is 0 Å². The van der Waals surface area contributed by atoms with Crippen molar-refractivity contribution in [2.45, 2.75) is 192 Å². The summed E-state index contributed by atoms with van der Waals surface area (Å²) in [4.78, 5) is 8.41. The average Bonchev–Trinajstić information content (AvgIpc) is 1.89. The summed E-state index contributed by atoms with van der Waals surface area (Å²) in [7, 11) is 0. The van der Waals surface area contributed by atoms with E-state index < -0.39 is 0 Å². The van der Waals surface area contributed by atoms with Crippen molar-refractivity contribution >= 4 is 89.3 Å². The van der Waals surface area contributed by atoms with Gasteiger partial charge in [-0.3, -0.25) is 0 Å². The first kappa shape index (κ1) is 50.0. The van der Waals surface area contributed by atoms with Crippen LogP contribution < -0.4 is 30.4 Å². The molecule has 7 aliphatic rings. The van der Waals surface area contributed by atoms with Gasteiger partial charge in [-0.15, -0.1) is 11.3 Å². The van der Waals surface area contributed by atoms with Crippen LogP contribution in [0.1, 0.15) is 191 Å². The van der Waals surface area contributed by atoms with Crippen molar-refractivity contribution in [1.82, 2.24) is 0 Å². The molecule has 0 amide bonds. The summed E-state index contributed by atoms with van der Waals surface area (Å²) in [6.07, 6.45) is 16.1. The molecule has 79 heavy (non-hydrogen) atoms. The summed E-state index contributed by atoms with van der Waals surface area (Å²) in [5, 5.41) is 1.43. The molecular formula is C74H80BN3S. The van der Waals surface area contributed by atoms with Crippen LogP contribution in [0.15, 0.2) is 127 Å². The Morgan fingerprint density at radius 2 is 1.11 bits per heavy atom. The van der Waals surface area contributed by atoms with Gasteiger partial charge in [-0.1, -0.05) is 168 Å². The van der Waals surface area contributed by atoms with E-state index in [0.717, 1.165) is 12.8 Å². The zero-order valence-corrected chi connectivity index (χ0v) is 50.0. The highest BCUT2D eigenvalue weighted by Crippen LogP contribution is 2.64. The van der Waals surface area contributed by atoms with Crippen LogP contribution in [-0.4, -0.2) is 12.3 Å². The molecule has 3 aliphatic heterocycles. The fourth-order valence-electron chi connectivity index (χ4n) is 16.8. The third-order valence-corrected chi connectivity index (χ3v) is 22.6. The van der Waals surface area contributed by atoms with E-state index in [-0.39, 0.29) is 39.3 Å². The zero-order valence-electron chi connectivity index (χ0n) is 49.1. The van der Waals surface area contributed by atoms with Gasteiger partial charge in [-0.25, -0.2) is 0 Å². The van der Waals surface area contributed by atoms with E-state index in [1.165, 1.54) is 170 Å². The standard InChI is InChI=1S/C74H80BN3S/c1-69(2,3)48-25-29-51(30-26-48)76(52-31-27-49(28-32-52)70(4,5)6)54-44-62-65-63(45-54)78-67-60(72(10)35-19-20-36-73(72,78)11)41-50(71(7,8)9)42-61(67)75(65)68-66(57-39-46-21-13-14-22-47(46)40-64(57)79-68)77(62)53-33-34-56-55-23-15-16-24-58(55)74(59(56)43-53)37-17-12-18-38-74/h15-16,23-34,39-45H,12-14,17-22,35-38H2,1-11H3. The summed E-state index contributed by atoms with van der Waals surface area (Å²) in [5.74, 6) is 0. The molecule has 2 atom stereocenters. The monoisotopic (exact) mass is 1050 g/mol. The Hall–Kier alpha value is -6.04. The maximum absolute atomic E-state index is 2.97. The van der Waals surface area contributed by atoms with Crippen LogP contribution in [0.4, 0.5) is 45.5 Å². The van der Waals surface area contributed by atoms with Gasteiger partial charge in [0.05, 0.1) is 16.9 Å². The quantitative estimate of drug-likeness (QED) is 0.163. The van der Waals surface area contributed by atoms with E-state index in [4.69, 9.17) is 0 Å². The van der Waals surface area contributed by atoms with Crippen molar-refractivity contribution in [2.24, 2.45) is 0 Å². The minimum absolute atomic E-state index is 0.0151. The molecule has 1 aromatic heterocycles. The number of hydrogen-bond donors (Lipinski definition) is 0. The van der Waals surface area contributed by atoms with Gasteiger partial charge in [-0.05, 0) is 202 Å². The van der Waals surface area contributed by atoms with Crippen molar-refractivity contribution in [1.29, 1.82) is 0 Å². The summed E-state index contributed by atoms with van der Waals surface area (Å²) < 4.78 is 2.96. The van der Waals surface area contributed by atoms with Gasteiger partial charge < -0.3 is 14.7 Å². The summed E-state index contributed by atoms with van der Waals surface area (Å²) >= 11 is 2.11. The predicted octanol–water partition coefficient (Wildman–Crippen LogP) is 18.7. The Bertz CT molecular complexity index is 3770. The number of benzene rings is 7. The number of fused-ring (bicyclic) bond motifs is 15. The molecule has 3 nitrogen and oxygen atoms in total. The van der Waals surface area contributed by atoms with E-state index in [0.29, 0.717) is 0 Å². The molecule has 4 aliphatic carbocycles. The van der Waals surface area contributed by atoms with Crippen molar-refractivity contribution in [2.75, 3.05) is 14.7 Å². The Balaban J connectivity index is 1.08. The summed E-state index contributed by atoms with van der Waals surface area (Å²) in [6.45, 7) is 26.8. The molecule has 0 saturated heterocycles. The number of nitrogens with zero attached hydrogens (tertiary/aromatic N) is 3. The second-order valence-electron chi connectivity index (χ2n) is 29.0. The van der Waals surface area contributed by atoms with Gasteiger partial charge in [0, 0.05) is 59.8 Å². The highest BCUT2D eigenvalue weighted by atomic mass is 32.1. The van der Waals surface area contributed by atoms with E-state index in [1.54, 1.807) is 27.8 Å². The molecule has 400 valence electrons. The normalized spacial score (nSPS) is 21.3. The van der Waals surface area contributed by atoms with Crippen LogP contribution in [0.25, 0.3) is 21.2 Å². The van der Waals surface area contributed by atoms with Gasteiger partial charge >= 0.3 is 0 Å². The Morgan fingerprint density at radius 1 is 0.506 bits per heavy atom. The smallest absolute Gasteiger partial charge is 0.264 e. The molecule has 8 aromatic rings. The molecule has 7 aromatic carbocycles. The molecule has 0 N–H and O–H groups in total. The van der Waals surface area contributed by atoms with Gasteiger partial charge in [-0.2, -0.15) is 0 Å². The molecule has 4 heterocycles. The van der Waals surface area contributed by atoms with Crippen LogP contribution >= 0.6 is 11.3 Å². The Kier molecular flexibility index (Phi) is 10.8. The first-order chi connectivity index (χ1) is 37.8. The van der Waals surface area contributed by atoms with Crippen LogP contribution in [0.3, 0.4) is 0 Å². The number of rotatable bonds is 4. The Labute approximate surface area is 476 Å². The second-order valence-corrected chi connectivity index (χ2v) is 30.1. The van der Waals surface area contributed by atoms with Gasteiger partial charge in [0.2, 0.25) is 0 Å². The lowest BCUT2D eigenvalue weighted by molar-refractivity contribution is 0.195. The number of hydrogen-bond acceptors (Lipinski definition) is 4. The Morgan fingerprint density at radius 3 is 1.78 bits per heavy atom. The number of thiophene rings is 1. The zero-order chi connectivity index (χ0) is 54.3. The van der Waals surface area contributed by atoms with Crippen molar-refractivity contribution in [3.8, 4) is 11.1 Å². The largest absolute Gasteiger partial charge is 0.335 e. The molecule has 2 unspecified atom stereocenters. The minimum Gasteiger partial charge on any atom is -0.335 e. The van der Waals surface area contributed by atoms with E-state index >= 15 is 0 Å². The van der Waals surface area contributed by atoms with E-state index in [9.17, 15) is 0 Å². The summed E-state index contributed by atoms with van der Waals surface area (Å²) in [6, 6.07) is 52.4. The summed E-state index contributed by atoms with van der Waals surface area (Å²) in [5.41, 5.74) is 28.3. The van der Waals surface area contributed by atoms with Crippen molar-refractivity contribution < 1.29 is 0 Å². The second kappa shape index (κ2) is 17.0. The van der Waals surface area contributed by atoms with Crippen LogP contribution in [0, 0.1) is 0 Å². The number of anilines is 8. The highest BCUT2D eigenvalue weighted by Gasteiger charge is 2.62. The van der Waals surface area contributed by atoms with Crippen molar-refractivity contribution in [3.63, 3.8) is 0 Å². The lowest BCUT2D eigenvalue weighted by Crippen LogP contribution is -2.64. The molecular weight excluding hydrogens is 974 g/mol. The molecule has 0 radical (unpaired) electrons. The third kappa shape index (κ3) is 7.09. The lowest BCUT2D eigenvalue weighted by Gasteiger charge is -2.52.